The van der Waals surface area contributed by atoms with Crippen LogP contribution in [0.2, 0.25) is 18.1 Å². The van der Waals surface area contributed by atoms with E-state index in [1.807, 2.05) is 0 Å². The molecular formula is C13H26O2Si. The summed E-state index contributed by atoms with van der Waals surface area (Å²) >= 11 is 0. The average Bonchev–Trinajstić information content (AvgIpc) is 2.59. The largest absolute Gasteiger partial charge is 0.414 e. The van der Waals surface area contributed by atoms with Crippen molar-refractivity contribution < 1.29 is 9.16 Å². The van der Waals surface area contributed by atoms with E-state index in [4.69, 9.17) is 9.16 Å². The Bertz CT molecular complexity index is 245. The van der Waals surface area contributed by atoms with Gasteiger partial charge in [-0.1, -0.05) is 20.8 Å². The lowest BCUT2D eigenvalue weighted by molar-refractivity contribution is 0.0844. The van der Waals surface area contributed by atoms with E-state index in [-0.39, 0.29) is 0 Å². The van der Waals surface area contributed by atoms with Gasteiger partial charge < -0.3 is 9.16 Å². The molecule has 94 valence electrons. The van der Waals surface area contributed by atoms with E-state index in [9.17, 15) is 0 Å². The summed E-state index contributed by atoms with van der Waals surface area (Å²) in [5, 5.41) is 0.325. The lowest BCUT2D eigenvalue weighted by Gasteiger charge is -2.38. The second-order valence-electron chi connectivity index (χ2n) is 6.93. The number of fused-ring (bicyclic) bond motifs is 1. The normalized spacial score (nSPS) is 35.4. The van der Waals surface area contributed by atoms with Gasteiger partial charge in [-0.3, -0.25) is 0 Å². The minimum absolute atomic E-state index is 0.325. The van der Waals surface area contributed by atoms with Crippen LogP contribution < -0.4 is 0 Å². The van der Waals surface area contributed by atoms with Crippen LogP contribution >= 0.6 is 0 Å². The molecule has 2 rings (SSSR count). The molecule has 0 aromatic rings. The summed E-state index contributed by atoms with van der Waals surface area (Å²) < 4.78 is 12.2. The molecule has 0 N–H and O–H groups in total. The monoisotopic (exact) mass is 242 g/mol. The Balaban J connectivity index is 1.92. The maximum Gasteiger partial charge on any atom is 0.192 e. The summed E-state index contributed by atoms with van der Waals surface area (Å²) in [5.41, 5.74) is 0. The fourth-order valence-corrected chi connectivity index (χ4v) is 3.98. The summed E-state index contributed by atoms with van der Waals surface area (Å²) in [6, 6.07) is 0. The van der Waals surface area contributed by atoms with E-state index in [0.717, 1.165) is 18.9 Å². The molecule has 0 bridgehead atoms. The molecule has 3 atom stereocenters. The molecule has 1 saturated carbocycles. The van der Waals surface area contributed by atoms with E-state index in [2.05, 4.69) is 33.9 Å². The van der Waals surface area contributed by atoms with Crippen molar-refractivity contribution in [2.45, 2.75) is 70.4 Å². The van der Waals surface area contributed by atoms with Gasteiger partial charge in [0.2, 0.25) is 0 Å². The summed E-state index contributed by atoms with van der Waals surface area (Å²) in [6.07, 6.45) is 4.60. The fourth-order valence-electron chi connectivity index (χ4n) is 2.61. The minimum Gasteiger partial charge on any atom is -0.414 e. The summed E-state index contributed by atoms with van der Waals surface area (Å²) in [4.78, 5) is 0. The second kappa shape index (κ2) is 4.11. The molecule has 0 aromatic heterocycles. The van der Waals surface area contributed by atoms with Crippen molar-refractivity contribution >= 4 is 8.32 Å². The number of rotatable bonds is 2. The SMILES string of the molecule is CC(C)(C)[Si](C)(C)O[C@@H]1C[C@H]2CCO[C@@H]2C1. The molecule has 2 fully saturated rings. The molecule has 2 nitrogen and oxygen atoms in total. The molecule has 1 heterocycles. The van der Waals surface area contributed by atoms with E-state index < -0.39 is 8.32 Å². The molecule has 0 radical (unpaired) electrons. The molecule has 1 saturated heterocycles. The van der Waals surface area contributed by atoms with E-state index >= 15 is 0 Å². The van der Waals surface area contributed by atoms with Gasteiger partial charge in [0.25, 0.3) is 0 Å². The molecule has 2 aliphatic rings. The molecule has 3 heteroatoms. The highest BCUT2D eigenvalue weighted by molar-refractivity contribution is 6.74. The van der Waals surface area contributed by atoms with Crippen LogP contribution in [0.15, 0.2) is 0 Å². The third-order valence-corrected chi connectivity index (χ3v) is 9.21. The van der Waals surface area contributed by atoms with Crippen molar-refractivity contribution in [1.29, 1.82) is 0 Å². The molecule has 0 amide bonds. The van der Waals surface area contributed by atoms with Gasteiger partial charge in [0.15, 0.2) is 8.32 Å². The summed E-state index contributed by atoms with van der Waals surface area (Å²) in [5.74, 6) is 0.787. The van der Waals surface area contributed by atoms with Crippen LogP contribution in [0.5, 0.6) is 0 Å². The zero-order valence-corrected chi connectivity index (χ0v) is 12.4. The topological polar surface area (TPSA) is 18.5 Å². The van der Waals surface area contributed by atoms with Gasteiger partial charge in [-0.05, 0) is 43.3 Å². The Morgan fingerprint density at radius 1 is 1.19 bits per heavy atom. The van der Waals surface area contributed by atoms with Crippen molar-refractivity contribution in [2.24, 2.45) is 5.92 Å². The van der Waals surface area contributed by atoms with Gasteiger partial charge >= 0.3 is 0 Å². The van der Waals surface area contributed by atoms with Gasteiger partial charge in [-0.25, -0.2) is 0 Å². The van der Waals surface area contributed by atoms with E-state index in [1.54, 1.807) is 0 Å². The number of hydrogen-bond acceptors (Lipinski definition) is 2. The first-order valence-electron chi connectivity index (χ1n) is 6.59. The predicted molar refractivity (Wildman–Crippen MR) is 69.2 cm³/mol. The van der Waals surface area contributed by atoms with Crippen LogP contribution in [0.25, 0.3) is 0 Å². The van der Waals surface area contributed by atoms with Gasteiger partial charge in [-0.15, -0.1) is 0 Å². The Kier molecular flexibility index (Phi) is 3.23. The second-order valence-corrected chi connectivity index (χ2v) is 11.7. The van der Waals surface area contributed by atoms with Crippen LogP contribution in [0.3, 0.4) is 0 Å². The quantitative estimate of drug-likeness (QED) is 0.689. The maximum atomic E-state index is 6.46. The van der Waals surface area contributed by atoms with Gasteiger partial charge in [0.05, 0.1) is 6.10 Å². The summed E-state index contributed by atoms with van der Waals surface area (Å²) in [7, 11) is -1.57. The van der Waals surface area contributed by atoms with Gasteiger partial charge in [-0.2, -0.15) is 0 Å². The van der Waals surface area contributed by atoms with Crippen molar-refractivity contribution in [1.82, 2.24) is 0 Å². The van der Waals surface area contributed by atoms with Crippen molar-refractivity contribution in [3.05, 3.63) is 0 Å². The standard InChI is InChI=1S/C13H26O2Si/c1-13(2,3)16(4,5)15-11-8-10-6-7-14-12(10)9-11/h10-12H,6-9H2,1-5H3/t10-,11-,12-/m1/s1. The highest BCUT2D eigenvalue weighted by Gasteiger charge is 2.44. The van der Waals surface area contributed by atoms with Gasteiger partial charge in [0.1, 0.15) is 0 Å². The first-order chi connectivity index (χ1) is 7.29. The zero-order chi connectivity index (χ0) is 12.0. The smallest absolute Gasteiger partial charge is 0.192 e. The Labute approximate surface area is 101 Å². The average molecular weight is 242 g/mol. The van der Waals surface area contributed by atoms with Crippen molar-refractivity contribution in [3.8, 4) is 0 Å². The van der Waals surface area contributed by atoms with E-state index in [0.29, 0.717) is 17.2 Å². The molecule has 1 aliphatic carbocycles. The summed E-state index contributed by atoms with van der Waals surface area (Å²) in [6.45, 7) is 12.6. The van der Waals surface area contributed by atoms with Crippen molar-refractivity contribution in [2.75, 3.05) is 6.61 Å². The third kappa shape index (κ3) is 2.36. The van der Waals surface area contributed by atoms with Crippen LogP contribution in [0.4, 0.5) is 0 Å². The molecular weight excluding hydrogens is 216 g/mol. The highest BCUT2D eigenvalue weighted by Crippen LogP contribution is 2.43. The lowest BCUT2D eigenvalue weighted by Crippen LogP contribution is -2.43. The van der Waals surface area contributed by atoms with Gasteiger partial charge in [0, 0.05) is 12.7 Å². The molecule has 1 aliphatic heterocycles. The Morgan fingerprint density at radius 3 is 2.44 bits per heavy atom. The first kappa shape index (κ1) is 12.6. The van der Waals surface area contributed by atoms with Crippen LogP contribution in [-0.2, 0) is 9.16 Å². The first-order valence-corrected chi connectivity index (χ1v) is 9.50. The third-order valence-electron chi connectivity index (χ3n) is 4.67. The lowest BCUT2D eigenvalue weighted by atomic mass is 10.1. The zero-order valence-electron chi connectivity index (χ0n) is 11.4. The maximum absolute atomic E-state index is 6.46. The fraction of sp³-hybridized carbons (Fsp3) is 1.00. The minimum atomic E-state index is -1.57. The Hall–Kier alpha value is 0.137. The van der Waals surface area contributed by atoms with E-state index in [1.165, 1.54) is 12.8 Å². The predicted octanol–water partition coefficient (Wildman–Crippen LogP) is 3.58. The van der Waals surface area contributed by atoms with Crippen LogP contribution in [-0.4, -0.2) is 27.1 Å². The van der Waals surface area contributed by atoms with Crippen LogP contribution in [0.1, 0.15) is 40.0 Å². The number of ether oxygens (including phenoxy) is 1. The molecule has 0 spiro atoms. The molecule has 0 unspecified atom stereocenters. The highest BCUT2D eigenvalue weighted by atomic mass is 28.4. The molecule has 0 aromatic carbocycles. The van der Waals surface area contributed by atoms with Crippen LogP contribution in [0, 0.1) is 5.92 Å². The Morgan fingerprint density at radius 2 is 1.88 bits per heavy atom. The van der Waals surface area contributed by atoms with Crippen molar-refractivity contribution in [3.63, 3.8) is 0 Å². The molecule has 16 heavy (non-hydrogen) atoms. The number of hydrogen-bond donors (Lipinski definition) is 0.